The molecule has 1 aromatic carbocycles. The smallest absolute Gasteiger partial charge is 0.326 e. The Hall–Kier alpha value is -2.00. The van der Waals surface area contributed by atoms with Crippen molar-refractivity contribution in [3.8, 4) is 0 Å². The molecule has 0 bridgehead atoms. The van der Waals surface area contributed by atoms with E-state index in [1.165, 1.54) is 19.2 Å². The van der Waals surface area contributed by atoms with Crippen molar-refractivity contribution in [1.29, 1.82) is 0 Å². The molecule has 1 atom stereocenters. The monoisotopic (exact) mass is 360 g/mol. The largest absolute Gasteiger partial charge is 0.480 e. The Labute approximate surface area is 140 Å². The van der Waals surface area contributed by atoms with Crippen LogP contribution in [-0.4, -0.2) is 49.3 Å². The number of hydrogen-bond acceptors (Lipinski definition) is 4. The number of hydrogen-bond donors (Lipinski definition) is 2. The first-order valence-corrected chi connectivity index (χ1v) is 8.86. The van der Waals surface area contributed by atoms with Crippen molar-refractivity contribution < 1.29 is 27.5 Å². The van der Waals surface area contributed by atoms with E-state index in [0.29, 0.717) is 0 Å². The molecule has 0 aliphatic rings. The number of amides is 1. The van der Waals surface area contributed by atoms with Crippen LogP contribution in [0, 0.1) is 5.82 Å². The number of aliphatic carboxylic acids is 1. The van der Waals surface area contributed by atoms with Gasteiger partial charge in [-0.2, -0.15) is 0 Å². The molecule has 0 spiro atoms. The lowest BCUT2D eigenvalue weighted by atomic mass is 10.2. The summed E-state index contributed by atoms with van der Waals surface area (Å²) in [6, 6.07) is 3.52. The van der Waals surface area contributed by atoms with E-state index in [-0.39, 0.29) is 30.7 Å². The topological polar surface area (TPSA) is 104 Å². The third-order valence-electron chi connectivity index (χ3n) is 3.44. The van der Waals surface area contributed by atoms with Crippen molar-refractivity contribution in [3.05, 3.63) is 30.1 Å². The molecule has 9 heteroatoms. The Morgan fingerprint density at radius 3 is 2.38 bits per heavy atom. The molecule has 0 aliphatic carbocycles. The van der Waals surface area contributed by atoms with Gasteiger partial charge in [0.2, 0.25) is 15.9 Å². The summed E-state index contributed by atoms with van der Waals surface area (Å²) in [5, 5.41) is 11.2. The van der Waals surface area contributed by atoms with Crippen molar-refractivity contribution in [2.24, 2.45) is 0 Å². The van der Waals surface area contributed by atoms with Crippen LogP contribution in [0.2, 0.25) is 0 Å². The molecule has 0 aromatic heterocycles. The molecule has 1 aromatic rings. The summed E-state index contributed by atoms with van der Waals surface area (Å²) in [5.41, 5.74) is 0. The maximum atomic E-state index is 12.9. The number of halogens is 1. The summed E-state index contributed by atoms with van der Waals surface area (Å²) in [7, 11) is -2.39. The van der Waals surface area contributed by atoms with E-state index in [1.807, 2.05) is 0 Å². The fourth-order valence-electron chi connectivity index (χ4n) is 1.97. The molecule has 1 amide bonds. The highest BCUT2D eigenvalue weighted by atomic mass is 32.2. The van der Waals surface area contributed by atoms with Crippen molar-refractivity contribution >= 4 is 21.9 Å². The molecule has 0 heterocycles. The maximum Gasteiger partial charge on any atom is 0.326 e. The molecule has 1 unspecified atom stereocenters. The van der Waals surface area contributed by atoms with Gasteiger partial charge in [-0.15, -0.1) is 0 Å². The van der Waals surface area contributed by atoms with E-state index >= 15 is 0 Å². The van der Waals surface area contributed by atoms with Crippen LogP contribution in [-0.2, 0) is 19.6 Å². The Bertz CT molecular complexity index is 676. The average Bonchev–Trinajstić information content (AvgIpc) is 2.52. The van der Waals surface area contributed by atoms with Gasteiger partial charge in [0.05, 0.1) is 4.90 Å². The number of carbonyl (C=O) groups excluding carboxylic acids is 1. The van der Waals surface area contributed by atoms with E-state index in [4.69, 9.17) is 5.11 Å². The van der Waals surface area contributed by atoms with Gasteiger partial charge >= 0.3 is 5.97 Å². The molecular formula is C15H21FN2O5S. The minimum Gasteiger partial charge on any atom is -0.480 e. The number of sulfonamides is 1. The van der Waals surface area contributed by atoms with Crippen LogP contribution < -0.4 is 5.32 Å². The van der Waals surface area contributed by atoms with Gasteiger partial charge in [0, 0.05) is 20.0 Å². The number of nitrogens with zero attached hydrogens (tertiary/aromatic N) is 1. The van der Waals surface area contributed by atoms with Crippen LogP contribution in [0.3, 0.4) is 0 Å². The molecule has 0 fully saturated rings. The van der Waals surface area contributed by atoms with E-state index < -0.39 is 33.8 Å². The highest BCUT2D eigenvalue weighted by Crippen LogP contribution is 2.15. The molecule has 0 saturated heterocycles. The second-order valence-electron chi connectivity index (χ2n) is 5.25. The first-order chi connectivity index (χ1) is 11.2. The lowest BCUT2D eigenvalue weighted by Gasteiger charge is -2.17. The van der Waals surface area contributed by atoms with Gasteiger partial charge in [0.1, 0.15) is 11.9 Å². The van der Waals surface area contributed by atoms with Crippen molar-refractivity contribution in [3.63, 3.8) is 0 Å². The van der Waals surface area contributed by atoms with E-state index in [2.05, 4.69) is 5.32 Å². The van der Waals surface area contributed by atoms with Crippen molar-refractivity contribution in [2.75, 3.05) is 13.6 Å². The minimum absolute atomic E-state index is 0.00700. The predicted molar refractivity (Wildman–Crippen MR) is 85.3 cm³/mol. The summed E-state index contributed by atoms with van der Waals surface area (Å²) in [6.07, 6.45) is 0.506. The Kier molecular flexibility index (Phi) is 7.30. The Morgan fingerprint density at radius 1 is 1.29 bits per heavy atom. The zero-order chi connectivity index (χ0) is 18.3. The molecule has 2 N–H and O–H groups in total. The van der Waals surface area contributed by atoms with Crippen LogP contribution >= 0.6 is 0 Å². The first-order valence-electron chi connectivity index (χ1n) is 7.42. The fraction of sp³-hybridized carbons (Fsp3) is 0.467. The van der Waals surface area contributed by atoms with Gasteiger partial charge < -0.3 is 10.4 Å². The number of rotatable bonds is 9. The van der Waals surface area contributed by atoms with Crippen LogP contribution in [0.5, 0.6) is 0 Å². The SMILES string of the molecule is CCC(NC(=O)CCCN(C)S(=O)(=O)c1ccc(F)cc1)C(=O)O. The Balaban J connectivity index is 2.53. The van der Waals surface area contributed by atoms with Crippen LogP contribution in [0.25, 0.3) is 0 Å². The van der Waals surface area contributed by atoms with Gasteiger partial charge in [0.25, 0.3) is 0 Å². The number of carboxylic acid groups (broad SMARTS) is 1. The lowest BCUT2D eigenvalue weighted by molar-refractivity contribution is -0.141. The van der Waals surface area contributed by atoms with E-state index in [9.17, 15) is 22.4 Å². The summed E-state index contributed by atoms with van der Waals surface area (Å²) >= 11 is 0. The molecule has 0 aliphatic heterocycles. The van der Waals surface area contributed by atoms with Crippen LogP contribution in [0.4, 0.5) is 4.39 Å². The third kappa shape index (κ3) is 5.57. The average molecular weight is 360 g/mol. The van der Waals surface area contributed by atoms with Crippen molar-refractivity contribution in [1.82, 2.24) is 9.62 Å². The van der Waals surface area contributed by atoms with Crippen LogP contribution in [0.1, 0.15) is 26.2 Å². The second kappa shape index (κ2) is 8.74. The third-order valence-corrected chi connectivity index (χ3v) is 5.31. The van der Waals surface area contributed by atoms with Crippen molar-refractivity contribution in [2.45, 2.75) is 37.1 Å². The zero-order valence-corrected chi connectivity index (χ0v) is 14.3. The van der Waals surface area contributed by atoms with Gasteiger partial charge in [-0.3, -0.25) is 4.79 Å². The fourth-order valence-corrected chi connectivity index (χ4v) is 3.18. The van der Waals surface area contributed by atoms with E-state index in [1.54, 1.807) is 6.92 Å². The highest BCUT2D eigenvalue weighted by Gasteiger charge is 2.21. The number of nitrogens with one attached hydrogen (secondary N) is 1. The highest BCUT2D eigenvalue weighted by molar-refractivity contribution is 7.89. The molecule has 7 nitrogen and oxygen atoms in total. The summed E-state index contributed by atoms with van der Waals surface area (Å²) in [5.74, 6) is -2.09. The van der Waals surface area contributed by atoms with Gasteiger partial charge in [-0.25, -0.2) is 21.9 Å². The van der Waals surface area contributed by atoms with E-state index in [0.717, 1.165) is 16.4 Å². The lowest BCUT2D eigenvalue weighted by Crippen LogP contribution is -2.40. The van der Waals surface area contributed by atoms with Gasteiger partial charge in [-0.05, 0) is 37.1 Å². The molecule has 24 heavy (non-hydrogen) atoms. The number of carboxylic acids is 1. The summed E-state index contributed by atoms with van der Waals surface area (Å²) in [4.78, 5) is 22.5. The van der Waals surface area contributed by atoms with Crippen LogP contribution in [0.15, 0.2) is 29.2 Å². The molecule has 0 saturated carbocycles. The number of carbonyl (C=O) groups is 2. The quantitative estimate of drug-likeness (QED) is 0.689. The standard InChI is InChI=1S/C15H21FN2O5S/c1-3-13(15(20)21)17-14(19)5-4-10-18(2)24(22,23)12-8-6-11(16)7-9-12/h6-9,13H,3-5,10H2,1-2H3,(H,17,19)(H,20,21). The molecular weight excluding hydrogens is 339 g/mol. The Morgan fingerprint density at radius 2 is 1.88 bits per heavy atom. The summed E-state index contributed by atoms with van der Waals surface area (Å²) in [6.45, 7) is 1.72. The summed E-state index contributed by atoms with van der Waals surface area (Å²) < 4.78 is 38.5. The second-order valence-corrected chi connectivity index (χ2v) is 7.30. The number of benzene rings is 1. The van der Waals surface area contributed by atoms with Gasteiger partial charge in [-0.1, -0.05) is 6.92 Å². The zero-order valence-electron chi connectivity index (χ0n) is 13.5. The first kappa shape index (κ1) is 20.0. The normalized spacial score (nSPS) is 12.8. The molecule has 1 rings (SSSR count). The minimum atomic E-state index is -3.75. The molecule has 0 radical (unpaired) electrons. The maximum absolute atomic E-state index is 12.9. The molecule has 134 valence electrons. The predicted octanol–water partition coefficient (Wildman–Crippen LogP) is 1.21. The van der Waals surface area contributed by atoms with Gasteiger partial charge in [0.15, 0.2) is 0 Å².